The van der Waals surface area contributed by atoms with Crippen LogP contribution >= 0.6 is 11.8 Å². The Morgan fingerprint density at radius 3 is 2.83 bits per heavy atom. The molecule has 0 unspecified atom stereocenters. The van der Waals surface area contributed by atoms with Gasteiger partial charge in [-0.1, -0.05) is 18.2 Å². The molecular formula is C24H28N2O2S. The zero-order chi connectivity index (χ0) is 20.2. The largest absolute Gasteiger partial charge is 0.497 e. The summed E-state index contributed by atoms with van der Waals surface area (Å²) in [6, 6.07) is 17.0. The number of nitrogens with zero attached hydrogens (tertiary/aromatic N) is 2. The number of thioether (sulfide) groups is 1. The zero-order valence-electron chi connectivity index (χ0n) is 17.4. The number of aromatic nitrogens is 1. The van der Waals surface area contributed by atoms with E-state index in [2.05, 4.69) is 47.6 Å². The number of benzene rings is 2. The van der Waals surface area contributed by atoms with Crippen LogP contribution in [0.15, 0.2) is 53.4 Å². The fourth-order valence-corrected chi connectivity index (χ4v) is 4.48. The number of likely N-dealkylation sites (tertiary alicyclic amines) is 1. The second-order valence-electron chi connectivity index (χ2n) is 7.52. The molecule has 0 spiro atoms. The van der Waals surface area contributed by atoms with Gasteiger partial charge in [0.2, 0.25) is 0 Å². The fourth-order valence-electron chi connectivity index (χ4n) is 4.05. The van der Waals surface area contributed by atoms with E-state index in [0.29, 0.717) is 6.10 Å². The van der Waals surface area contributed by atoms with Crippen molar-refractivity contribution in [3.05, 3.63) is 54.1 Å². The van der Waals surface area contributed by atoms with E-state index < -0.39 is 0 Å². The van der Waals surface area contributed by atoms with Gasteiger partial charge in [0.1, 0.15) is 5.75 Å². The lowest BCUT2D eigenvalue weighted by molar-refractivity contribution is 0.0286. The molecule has 0 saturated carbocycles. The molecule has 1 fully saturated rings. The number of pyridine rings is 1. The summed E-state index contributed by atoms with van der Waals surface area (Å²) >= 11 is 1.74. The quantitative estimate of drug-likeness (QED) is 0.521. The number of hydrogen-bond donors (Lipinski definition) is 0. The molecule has 1 aromatic heterocycles. The van der Waals surface area contributed by atoms with Crippen LogP contribution in [-0.4, -0.2) is 49.6 Å². The average molecular weight is 409 g/mol. The Hall–Kier alpha value is -2.08. The smallest absolute Gasteiger partial charge is 0.119 e. The molecule has 0 bridgehead atoms. The fraction of sp³-hybridized carbons (Fsp3) is 0.375. The summed E-state index contributed by atoms with van der Waals surface area (Å²) in [5, 5.41) is 1.18. The highest BCUT2D eigenvalue weighted by Gasteiger charge is 2.21. The van der Waals surface area contributed by atoms with Gasteiger partial charge >= 0.3 is 0 Å². The lowest BCUT2D eigenvalue weighted by Gasteiger charge is -2.32. The molecule has 29 heavy (non-hydrogen) atoms. The molecule has 0 N–H and O–H groups in total. The standard InChI is InChI=1S/C24H28N2O2S/c1-27-20-7-4-6-18(13-20)24-19(15-26-11-5-8-21(16-26)28-2)12-17-9-10-22(29-3)14-23(17)25-24/h4,6-7,9-10,12-14,21H,5,8,11,15-16H2,1-3H3/t21-/m1/s1. The first-order chi connectivity index (χ1) is 14.2. The molecule has 2 heterocycles. The van der Waals surface area contributed by atoms with E-state index in [1.54, 1.807) is 18.9 Å². The van der Waals surface area contributed by atoms with Gasteiger partial charge in [-0.05, 0) is 61.5 Å². The van der Waals surface area contributed by atoms with Crippen molar-refractivity contribution >= 4 is 22.7 Å². The van der Waals surface area contributed by atoms with Crippen molar-refractivity contribution in [1.82, 2.24) is 9.88 Å². The molecule has 1 saturated heterocycles. The molecule has 152 valence electrons. The minimum atomic E-state index is 0.321. The Bertz CT molecular complexity index is 992. The first-order valence-corrected chi connectivity index (χ1v) is 11.3. The second-order valence-corrected chi connectivity index (χ2v) is 8.40. The maximum absolute atomic E-state index is 5.62. The Morgan fingerprint density at radius 1 is 1.14 bits per heavy atom. The van der Waals surface area contributed by atoms with Gasteiger partial charge in [-0.15, -0.1) is 11.8 Å². The van der Waals surface area contributed by atoms with Gasteiger partial charge in [0, 0.05) is 36.0 Å². The monoisotopic (exact) mass is 408 g/mol. The zero-order valence-corrected chi connectivity index (χ0v) is 18.2. The molecule has 4 rings (SSSR count). The van der Waals surface area contributed by atoms with Crippen molar-refractivity contribution in [1.29, 1.82) is 0 Å². The van der Waals surface area contributed by atoms with Gasteiger partial charge in [-0.2, -0.15) is 0 Å². The van der Waals surface area contributed by atoms with E-state index in [-0.39, 0.29) is 0 Å². The van der Waals surface area contributed by atoms with Crippen LogP contribution in [0, 0.1) is 0 Å². The van der Waals surface area contributed by atoms with Crippen molar-refractivity contribution in [3.8, 4) is 17.0 Å². The molecule has 5 heteroatoms. The van der Waals surface area contributed by atoms with Crippen LogP contribution < -0.4 is 4.74 Å². The number of ether oxygens (including phenoxy) is 2. The number of hydrogen-bond acceptors (Lipinski definition) is 5. The van der Waals surface area contributed by atoms with Crippen LogP contribution in [-0.2, 0) is 11.3 Å². The summed E-state index contributed by atoms with van der Waals surface area (Å²) in [5.41, 5.74) is 4.41. The molecule has 1 aliphatic heterocycles. The maximum atomic E-state index is 5.62. The minimum Gasteiger partial charge on any atom is -0.497 e. The third kappa shape index (κ3) is 4.58. The topological polar surface area (TPSA) is 34.6 Å². The van der Waals surface area contributed by atoms with Crippen molar-refractivity contribution in [3.63, 3.8) is 0 Å². The molecule has 1 atom stereocenters. The summed E-state index contributed by atoms with van der Waals surface area (Å²) in [6.45, 7) is 2.94. The van der Waals surface area contributed by atoms with Gasteiger partial charge in [0.15, 0.2) is 0 Å². The molecule has 3 aromatic rings. The van der Waals surface area contributed by atoms with Gasteiger partial charge < -0.3 is 9.47 Å². The highest BCUT2D eigenvalue weighted by molar-refractivity contribution is 7.98. The van der Waals surface area contributed by atoms with E-state index in [4.69, 9.17) is 14.5 Å². The van der Waals surface area contributed by atoms with Crippen LogP contribution in [0.4, 0.5) is 0 Å². The average Bonchev–Trinajstić information content (AvgIpc) is 2.78. The Kier molecular flexibility index (Phi) is 6.38. The molecule has 4 nitrogen and oxygen atoms in total. The number of fused-ring (bicyclic) bond motifs is 1. The van der Waals surface area contributed by atoms with Crippen molar-refractivity contribution in [2.75, 3.05) is 33.6 Å². The van der Waals surface area contributed by atoms with Gasteiger partial charge in [-0.3, -0.25) is 4.90 Å². The van der Waals surface area contributed by atoms with Crippen LogP contribution in [0.25, 0.3) is 22.2 Å². The van der Waals surface area contributed by atoms with Crippen molar-refractivity contribution < 1.29 is 9.47 Å². The molecule has 2 aromatic carbocycles. The molecule has 0 aliphatic carbocycles. The first kappa shape index (κ1) is 20.2. The van der Waals surface area contributed by atoms with Crippen LogP contribution in [0.1, 0.15) is 18.4 Å². The third-order valence-corrected chi connectivity index (χ3v) is 6.36. The summed E-state index contributed by atoms with van der Waals surface area (Å²) in [5.74, 6) is 0.852. The predicted octanol–water partition coefficient (Wildman–Crippen LogP) is 5.24. The van der Waals surface area contributed by atoms with E-state index in [1.807, 2.05) is 19.2 Å². The summed E-state index contributed by atoms with van der Waals surface area (Å²) in [6.07, 6.45) is 4.73. The summed E-state index contributed by atoms with van der Waals surface area (Å²) in [7, 11) is 3.52. The number of piperidine rings is 1. The Labute approximate surface area is 177 Å². The van der Waals surface area contributed by atoms with E-state index in [1.165, 1.54) is 22.3 Å². The van der Waals surface area contributed by atoms with Crippen LogP contribution in [0.5, 0.6) is 5.75 Å². The number of rotatable bonds is 6. The first-order valence-electron chi connectivity index (χ1n) is 10.1. The highest BCUT2D eigenvalue weighted by Crippen LogP contribution is 2.31. The second kappa shape index (κ2) is 9.16. The Balaban J connectivity index is 1.77. The highest BCUT2D eigenvalue weighted by atomic mass is 32.2. The molecule has 0 amide bonds. The lowest BCUT2D eigenvalue weighted by Crippen LogP contribution is -2.38. The van der Waals surface area contributed by atoms with E-state index >= 15 is 0 Å². The van der Waals surface area contributed by atoms with Crippen LogP contribution in [0.3, 0.4) is 0 Å². The SMILES string of the molecule is COc1cccc(-c2nc3cc(SC)ccc3cc2CN2CCC[C@@H](OC)C2)c1. The molecule has 0 radical (unpaired) electrons. The van der Waals surface area contributed by atoms with E-state index in [0.717, 1.165) is 48.6 Å². The van der Waals surface area contributed by atoms with Crippen molar-refractivity contribution in [2.24, 2.45) is 0 Å². The summed E-state index contributed by atoms with van der Waals surface area (Å²) in [4.78, 5) is 8.82. The summed E-state index contributed by atoms with van der Waals surface area (Å²) < 4.78 is 11.1. The Morgan fingerprint density at radius 2 is 2.03 bits per heavy atom. The normalized spacial score (nSPS) is 17.6. The predicted molar refractivity (Wildman–Crippen MR) is 121 cm³/mol. The minimum absolute atomic E-state index is 0.321. The number of methoxy groups -OCH3 is 2. The maximum Gasteiger partial charge on any atom is 0.119 e. The molecule has 1 aliphatic rings. The van der Waals surface area contributed by atoms with Crippen molar-refractivity contribution in [2.45, 2.75) is 30.4 Å². The molecular weight excluding hydrogens is 380 g/mol. The van der Waals surface area contributed by atoms with Crippen LogP contribution in [0.2, 0.25) is 0 Å². The van der Waals surface area contributed by atoms with Gasteiger partial charge in [0.25, 0.3) is 0 Å². The van der Waals surface area contributed by atoms with E-state index in [9.17, 15) is 0 Å². The van der Waals surface area contributed by atoms with Gasteiger partial charge in [-0.25, -0.2) is 4.98 Å². The lowest BCUT2D eigenvalue weighted by atomic mass is 10.0. The van der Waals surface area contributed by atoms with Gasteiger partial charge in [0.05, 0.1) is 24.4 Å². The third-order valence-electron chi connectivity index (χ3n) is 5.64.